The Labute approximate surface area is 129 Å². The van der Waals surface area contributed by atoms with Crippen LogP contribution in [0.15, 0.2) is 18.2 Å². The molecule has 0 saturated heterocycles. The summed E-state index contributed by atoms with van der Waals surface area (Å²) in [7, 11) is -1.83. The van der Waals surface area contributed by atoms with Gasteiger partial charge in [0.25, 0.3) is 0 Å². The Balaban J connectivity index is 2.29. The fourth-order valence-corrected chi connectivity index (χ4v) is 4.29. The van der Waals surface area contributed by atoms with Crippen molar-refractivity contribution in [3.05, 3.63) is 28.8 Å². The number of ether oxygens (including phenoxy) is 1. The summed E-state index contributed by atoms with van der Waals surface area (Å²) in [5, 5.41) is 3.16. The van der Waals surface area contributed by atoms with Gasteiger partial charge < -0.3 is 10.1 Å². The van der Waals surface area contributed by atoms with Crippen molar-refractivity contribution in [1.29, 1.82) is 0 Å². The third-order valence-electron chi connectivity index (χ3n) is 3.73. The zero-order valence-corrected chi connectivity index (χ0v) is 13.5. The predicted octanol–water partition coefficient (Wildman–Crippen LogP) is 2.50. The van der Waals surface area contributed by atoms with Crippen molar-refractivity contribution in [2.24, 2.45) is 0 Å². The lowest BCUT2D eigenvalue weighted by Crippen LogP contribution is -2.34. The second kappa shape index (κ2) is 6.23. The topological polar surface area (TPSA) is 72.5 Å². The fourth-order valence-electron chi connectivity index (χ4n) is 2.72. The standard InChI is InChI=1S/C14H18ClNO4S/c1-20-14(17)10-8-9(15)6-7-11(10)16-12-4-3-5-13(12)21(2,18)19/h6-8,12-13,16H,3-5H2,1-2H3. The molecule has 2 atom stereocenters. The second-order valence-corrected chi connectivity index (χ2v) is 7.93. The van der Waals surface area contributed by atoms with Crippen LogP contribution in [0.2, 0.25) is 5.02 Å². The number of hydrogen-bond donors (Lipinski definition) is 1. The maximum atomic E-state index is 11.8. The van der Waals surface area contributed by atoms with Gasteiger partial charge in [-0.25, -0.2) is 13.2 Å². The minimum absolute atomic E-state index is 0.204. The lowest BCUT2D eigenvalue weighted by atomic mass is 10.1. The van der Waals surface area contributed by atoms with E-state index in [0.29, 0.717) is 22.7 Å². The molecule has 21 heavy (non-hydrogen) atoms. The largest absolute Gasteiger partial charge is 0.465 e. The van der Waals surface area contributed by atoms with E-state index in [1.165, 1.54) is 19.4 Å². The number of rotatable bonds is 4. The average Bonchev–Trinajstić information content (AvgIpc) is 2.88. The van der Waals surface area contributed by atoms with Gasteiger partial charge >= 0.3 is 5.97 Å². The quantitative estimate of drug-likeness (QED) is 0.858. The van der Waals surface area contributed by atoms with Gasteiger partial charge in [-0.3, -0.25) is 0 Å². The molecule has 0 aliphatic heterocycles. The molecule has 1 aliphatic rings. The number of anilines is 1. The molecule has 5 nitrogen and oxygen atoms in total. The molecule has 1 aromatic carbocycles. The van der Waals surface area contributed by atoms with Crippen molar-refractivity contribution in [3.63, 3.8) is 0 Å². The normalized spacial score (nSPS) is 22.0. The van der Waals surface area contributed by atoms with Crippen molar-refractivity contribution in [2.75, 3.05) is 18.7 Å². The van der Waals surface area contributed by atoms with Crippen molar-refractivity contribution in [1.82, 2.24) is 0 Å². The molecule has 0 amide bonds. The first-order valence-corrected chi connectivity index (χ1v) is 8.99. The number of methoxy groups -OCH3 is 1. The second-order valence-electron chi connectivity index (χ2n) is 5.23. The molecule has 1 aromatic rings. The molecule has 2 unspecified atom stereocenters. The van der Waals surface area contributed by atoms with Crippen molar-refractivity contribution in [2.45, 2.75) is 30.6 Å². The maximum absolute atomic E-state index is 11.8. The van der Waals surface area contributed by atoms with E-state index in [2.05, 4.69) is 5.32 Å². The summed E-state index contributed by atoms with van der Waals surface area (Å²) in [6, 6.07) is 4.64. The Kier molecular flexibility index (Phi) is 4.78. The highest BCUT2D eigenvalue weighted by Gasteiger charge is 2.35. The van der Waals surface area contributed by atoms with Gasteiger partial charge in [-0.1, -0.05) is 11.6 Å². The third-order valence-corrected chi connectivity index (χ3v) is 5.63. The molecule has 0 heterocycles. The van der Waals surface area contributed by atoms with Gasteiger partial charge in [-0.05, 0) is 37.5 Å². The van der Waals surface area contributed by atoms with Gasteiger partial charge in [0.1, 0.15) is 0 Å². The number of sulfone groups is 1. The molecule has 0 radical (unpaired) electrons. The van der Waals surface area contributed by atoms with E-state index in [0.717, 1.165) is 12.8 Å². The Bertz CT molecular complexity index is 644. The minimum atomic E-state index is -3.12. The van der Waals surface area contributed by atoms with Crippen LogP contribution < -0.4 is 5.32 Å². The van der Waals surface area contributed by atoms with Crippen LogP contribution in [0.3, 0.4) is 0 Å². The van der Waals surface area contributed by atoms with E-state index in [1.807, 2.05) is 0 Å². The number of nitrogens with one attached hydrogen (secondary N) is 1. The number of hydrogen-bond acceptors (Lipinski definition) is 5. The minimum Gasteiger partial charge on any atom is -0.465 e. The van der Waals surface area contributed by atoms with Crippen LogP contribution in [0, 0.1) is 0 Å². The van der Waals surface area contributed by atoms with Crippen LogP contribution in [0.4, 0.5) is 5.69 Å². The molecule has 0 bridgehead atoms. The summed E-state index contributed by atoms with van der Waals surface area (Å²) in [6.45, 7) is 0. The summed E-state index contributed by atoms with van der Waals surface area (Å²) >= 11 is 5.90. The molecule has 0 aromatic heterocycles. The SMILES string of the molecule is COC(=O)c1cc(Cl)ccc1NC1CCCC1S(C)(=O)=O. The lowest BCUT2D eigenvalue weighted by Gasteiger charge is -2.22. The summed E-state index contributed by atoms with van der Waals surface area (Å²) in [5.41, 5.74) is 0.857. The smallest absolute Gasteiger partial charge is 0.340 e. The van der Waals surface area contributed by atoms with E-state index in [1.54, 1.807) is 12.1 Å². The van der Waals surface area contributed by atoms with E-state index in [4.69, 9.17) is 16.3 Å². The molecular weight excluding hydrogens is 314 g/mol. The Morgan fingerprint density at radius 1 is 1.38 bits per heavy atom. The number of halogens is 1. The van der Waals surface area contributed by atoms with Crippen molar-refractivity contribution < 1.29 is 17.9 Å². The number of esters is 1. The van der Waals surface area contributed by atoms with E-state index < -0.39 is 21.1 Å². The summed E-state index contributed by atoms with van der Waals surface area (Å²) in [4.78, 5) is 11.8. The molecule has 1 saturated carbocycles. The van der Waals surface area contributed by atoms with Gasteiger partial charge in [-0.2, -0.15) is 0 Å². The molecule has 116 valence electrons. The van der Waals surface area contributed by atoms with Gasteiger partial charge in [0.05, 0.1) is 17.9 Å². The lowest BCUT2D eigenvalue weighted by molar-refractivity contribution is 0.0602. The van der Waals surface area contributed by atoms with Crippen LogP contribution in [0.1, 0.15) is 29.6 Å². The van der Waals surface area contributed by atoms with E-state index in [-0.39, 0.29) is 6.04 Å². The zero-order chi connectivity index (χ0) is 15.6. The Hall–Kier alpha value is -1.27. The summed E-state index contributed by atoms with van der Waals surface area (Å²) in [6.07, 6.45) is 3.48. The highest BCUT2D eigenvalue weighted by molar-refractivity contribution is 7.91. The average molecular weight is 332 g/mol. The summed E-state index contributed by atoms with van der Waals surface area (Å²) in [5.74, 6) is -0.506. The number of benzene rings is 1. The van der Waals surface area contributed by atoms with Crippen molar-refractivity contribution >= 4 is 33.1 Å². The summed E-state index contributed by atoms with van der Waals surface area (Å²) < 4.78 is 28.4. The molecule has 0 spiro atoms. The van der Waals surface area contributed by atoms with Gasteiger partial charge in [0.15, 0.2) is 9.84 Å². The molecule has 7 heteroatoms. The Morgan fingerprint density at radius 2 is 2.10 bits per heavy atom. The third kappa shape index (κ3) is 3.68. The van der Waals surface area contributed by atoms with Gasteiger partial charge in [0, 0.05) is 23.0 Å². The predicted molar refractivity (Wildman–Crippen MR) is 82.7 cm³/mol. The zero-order valence-electron chi connectivity index (χ0n) is 11.9. The molecule has 1 aliphatic carbocycles. The number of carbonyl (C=O) groups excluding carboxylic acids is 1. The molecule has 1 N–H and O–H groups in total. The monoisotopic (exact) mass is 331 g/mol. The molecule has 1 fully saturated rings. The first-order chi connectivity index (χ1) is 9.82. The van der Waals surface area contributed by atoms with Crippen LogP contribution in [-0.4, -0.2) is 39.0 Å². The van der Waals surface area contributed by atoms with E-state index in [9.17, 15) is 13.2 Å². The number of carbonyl (C=O) groups is 1. The van der Waals surface area contributed by atoms with Gasteiger partial charge in [-0.15, -0.1) is 0 Å². The Morgan fingerprint density at radius 3 is 2.71 bits per heavy atom. The van der Waals surface area contributed by atoms with Crippen molar-refractivity contribution in [3.8, 4) is 0 Å². The van der Waals surface area contributed by atoms with Crippen LogP contribution in [0.5, 0.6) is 0 Å². The van der Waals surface area contributed by atoms with Crippen LogP contribution in [-0.2, 0) is 14.6 Å². The highest BCUT2D eigenvalue weighted by Crippen LogP contribution is 2.30. The first kappa shape index (κ1) is 16.1. The van der Waals surface area contributed by atoms with Gasteiger partial charge in [0.2, 0.25) is 0 Å². The maximum Gasteiger partial charge on any atom is 0.340 e. The highest BCUT2D eigenvalue weighted by atomic mass is 35.5. The van der Waals surface area contributed by atoms with E-state index >= 15 is 0 Å². The molecule has 2 rings (SSSR count). The fraction of sp³-hybridized carbons (Fsp3) is 0.500. The first-order valence-electron chi connectivity index (χ1n) is 6.66. The molecular formula is C14H18ClNO4S. The van der Waals surface area contributed by atoms with Crippen LogP contribution in [0.25, 0.3) is 0 Å². The van der Waals surface area contributed by atoms with Crippen LogP contribution >= 0.6 is 11.6 Å².